The number of nitrogens with zero attached hydrogens (tertiary/aromatic N) is 2. The van der Waals surface area contributed by atoms with Crippen molar-refractivity contribution in [3.8, 4) is 6.07 Å². The van der Waals surface area contributed by atoms with Crippen molar-refractivity contribution in [3.05, 3.63) is 0 Å². The van der Waals surface area contributed by atoms with Crippen LogP contribution in [0.1, 0.15) is 34.1 Å². The fraction of sp³-hybridized carbons (Fsp3) is 0.818. The van der Waals surface area contributed by atoms with Gasteiger partial charge in [0.05, 0.1) is 17.9 Å². The van der Waals surface area contributed by atoms with Crippen molar-refractivity contribution in [2.24, 2.45) is 5.41 Å². The van der Waals surface area contributed by atoms with Crippen LogP contribution in [0.3, 0.4) is 0 Å². The van der Waals surface area contributed by atoms with E-state index in [1.165, 1.54) is 0 Å². The average molecular weight is 231 g/mol. The van der Waals surface area contributed by atoms with Crippen LogP contribution in [0.4, 0.5) is 0 Å². The molecule has 0 aliphatic carbocycles. The average Bonchev–Trinajstić information content (AvgIpc) is 2.17. The van der Waals surface area contributed by atoms with Gasteiger partial charge in [-0.05, 0) is 27.7 Å². The Hall–Kier alpha value is -0.750. The number of hydrogen-bond donors (Lipinski definition) is 0. The van der Waals surface area contributed by atoms with E-state index in [2.05, 4.69) is 6.07 Å². The topological polar surface area (TPSA) is 44.1 Å². The van der Waals surface area contributed by atoms with Gasteiger partial charge in [-0.15, -0.1) is 11.6 Å². The number of rotatable bonds is 5. The number of halogens is 1. The smallest absolute Gasteiger partial charge is 0.229 e. The number of amides is 1. The zero-order chi connectivity index (χ0) is 12.1. The second-order valence-electron chi connectivity index (χ2n) is 4.52. The molecule has 15 heavy (non-hydrogen) atoms. The summed E-state index contributed by atoms with van der Waals surface area (Å²) in [6.07, 6.45) is 0.363. The molecule has 0 aliphatic rings. The van der Waals surface area contributed by atoms with Crippen LogP contribution in [0.15, 0.2) is 0 Å². The fourth-order valence-corrected chi connectivity index (χ4v) is 1.32. The van der Waals surface area contributed by atoms with Crippen LogP contribution >= 0.6 is 11.6 Å². The quantitative estimate of drug-likeness (QED) is 0.681. The maximum absolute atomic E-state index is 12.1. The van der Waals surface area contributed by atoms with E-state index in [9.17, 15) is 4.79 Å². The van der Waals surface area contributed by atoms with Crippen LogP contribution in [0.2, 0.25) is 0 Å². The highest BCUT2D eigenvalue weighted by Gasteiger charge is 2.32. The van der Waals surface area contributed by atoms with Gasteiger partial charge in [-0.3, -0.25) is 4.79 Å². The van der Waals surface area contributed by atoms with Gasteiger partial charge >= 0.3 is 0 Å². The molecule has 0 bridgehead atoms. The predicted octanol–water partition coefficient (Wildman–Crippen LogP) is 2.40. The van der Waals surface area contributed by atoms with Crippen molar-refractivity contribution in [1.82, 2.24) is 4.90 Å². The Labute approximate surface area is 97.0 Å². The van der Waals surface area contributed by atoms with E-state index >= 15 is 0 Å². The maximum Gasteiger partial charge on any atom is 0.229 e. The highest BCUT2D eigenvalue weighted by atomic mass is 35.5. The Morgan fingerprint density at radius 3 is 2.40 bits per heavy atom. The van der Waals surface area contributed by atoms with Gasteiger partial charge in [-0.2, -0.15) is 5.26 Å². The van der Waals surface area contributed by atoms with Crippen LogP contribution in [0, 0.1) is 16.7 Å². The van der Waals surface area contributed by atoms with Crippen molar-refractivity contribution in [1.29, 1.82) is 5.26 Å². The molecule has 0 heterocycles. The summed E-state index contributed by atoms with van der Waals surface area (Å²) in [7, 11) is 0. The molecule has 0 aromatic carbocycles. The largest absolute Gasteiger partial charge is 0.339 e. The van der Waals surface area contributed by atoms with E-state index in [1.807, 2.05) is 27.7 Å². The molecule has 86 valence electrons. The molecule has 0 aromatic heterocycles. The summed E-state index contributed by atoms with van der Waals surface area (Å²) in [4.78, 5) is 13.8. The molecule has 0 atom stereocenters. The van der Waals surface area contributed by atoms with Crippen molar-refractivity contribution < 1.29 is 4.79 Å². The fourth-order valence-electron chi connectivity index (χ4n) is 1.21. The van der Waals surface area contributed by atoms with E-state index < -0.39 is 5.41 Å². The van der Waals surface area contributed by atoms with Gasteiger partial charge in [0.1, 0.15) is 0 Å². The highest BCUT2D eigenvalue weighted by molar-refractivity contribution is 6.19. The molecule has 0 spiro atoms. The number of nitriles is 1. The van der Waals surface area contributed by atoms with Crippen LogP contribution in [0.25, 0.3) is 0 Å². The molecule has 0 rings (SSSR count). The Morgan fingerprint density at radius 1 is 1.53 bits per heavy atom. The summed E-state index contributed by atoms with van der Waals surface area (Å²) in [6.45, 7) is 8.01. The summed E-state index contributed by atoms with van der Waals surface area (Å²) in [5.41, 5.74) is -0.554. The third-order valence-electron chi connectivity index (χ3n) is 2.26. The lowest BCUT2D eigenvalue weighted by molar-refractivity contribution is -0.140. The summed E-state index contributed by atoms with van der Waals surface area (Å²) in [6, 6.07) is 2.16. The Balaban J connectivity index is 4.64. The van der Waals surface area contributed by atoms with Gasteiger partial charge in [0, 0.05) is 18.5 Å². The molecule has 1 amide bonds. The van der Waals surface area contributed by atoms with Gasteiger partial charge in [-0.1, -0.05) is 0 Å². The second-order valence-corrected chi connectivity index (χ2v) is 4.79. The summed E-state index contributed by atoms with van der Waals surface area (Å²) in [5.74, 6) is 0.310. The summed E-state index contributed by atoms with van der Waals surface area (Å²) >= 11 is 5.76. The number of hydrogen-bond acceptors (Lipinski definition) is 2. The van der Waals surface area contributed by atoms with E-state index in [0.29, 0.717) is 18.8 Å². The third kappa shape index (κ3) is 4.09. The molecule has 0 saturated carbocycles. The molecule has 0 unspecified atom stereocenters. The molecule has 0 saturated heterocycles. The van der Waals surface area contributed by atoms with E-state index in [-0.39, 0.29) is 11.9 Å². The lowest BCUT2D eigenvalue weighted by Gasteiger charge is -2.33. The van der Waals surface area contributed by atoms with Gasteiger partial charge in [0.25, 0.3) is 0 Å². The van der Waals surface area contributed by atoms with Crippen molar-refractivity contribution in [3.63, 3.8) is 0 Å². The monoisotopic (exact) mass is 230 g/mol. The SMILES string of the molecule is CC(C)N(CCC#N)C(=O)C(C)(C)CCl. The van der Waals surface area contributed by atoms with Crippen LogP contribution < -0.4 is 0 Å². The lowest BCUT2D eigenvalue weighted by Crippen LogP contribution is -2.45. The minimum Gasteiger partial charge on any atom is -0.339 e. The Morgan fingerprint density at radius 2 is 2.07 bits per heavy atom. The molecule has 0 radical (unpaired) electrons. The Kier molecular flexibility index (Phi) is 5.67. The first-order valence-electron chi connectivity index (χ1n) is 5.10. The number of carbonyl (C=O) groups is 1. The predicted molar refractivity (Wildman–Crippen MR) is 61.6 cm³/mol. The van der Waals surface area contributed by atoms with Gasteiger partial charge in [0.15, 0.2) is 0 Å². The molecular weight excluding hydrogens is 212 g/mol. The van der Waals surface area contributed by atoms with E-state index in [0.717, 1.165) is 0 Å². The first kappa shape index (κ1) is 14.2. The van der Waals surface area contributed by atoms with E-state index in [4.69, 9.17) is 16.9 Å². The molecule has 0 aromatic rings. The molecule has 4 heteroatoms. The van der Waals surface area contributed by atoms with Crippen LogP contribution in [0.5, 0.6) is 0 Å². The number of alkyl halides is 1. The highest BCUT2D eigenvalue weighted by Crippen LogP contribution is 2.22. The Bertz CT molecular complexity index is 256. The van der Waals surface area contributed by atoms with Crippen molar-refractivity contribution >= 4 is 17.5 Å². The molecular formula is C11H19ClN2O. The van der Waals surface area contributed by atoms with Crippen LogP contribution in [-0.4, -0.2) is 29.3 Å². The first-order chi connectivity index (χ1) is 6.86. The standard InChI is InChI=1S/C11H19ClN2O/c1-9(2)14(7-5-6-13)10(15)11(3,4)8-12/h9H,5,7-8H2,1-4H3. The molecule has 0 N–H and O–H groups in total. The van der Waals surface area contributed by atoms with Gasteiger partial charge < -0.3 is 4.90 Å². The zero-order valence-corrected chi connectivity index (χ0v) is 10.6. The zero-order valence-electron chi connectivity index (χ0n) is 9.88. The van der Waals surface area contributed by atoms with E-state index in [1.54, 1.807) is 4.90 Å². The summed E-state index contributed by atoms with van der Waals surface area (Å²) in [5, 5.41) is 8.52. The van der Waals surface area contributed by atoms with Crippen molar-refractivity contribution in [2.45, 2.75) is 40.2 Å². The summed E-state index contributed by atoms with van der Waals surface area (Å²) < 4.78 is 0. The lowest BCUT2D eigenvalue weighted by atomic mass is 9.93. The first-order valence-corrected chi connectivity index (χ1v) is 5.64. The minimum absolute atomic E-state index is 0.0164. The van der Waals surface area contributed by atoms with Gasteiger partial charge in [-0.25, -0.2) is 0 Å². The normalized spacial score (nSPS) is 11.3. The number of carbonyl (C=O) groups excluding carboxylic acids is 1. The minimum atomic E-state index is -0.554. The van der Waals surface area contributed by atoms with Crippen LogP contribution in [-0.2, 0) is 4.79 Å². The molecule has 3 nitrogen and oxygen atoms in total. The maximum atomic E-state index is 12.1. The molecule has 0 fully saturated rings. The van der Waals surface area contributed by atoms with Crippen molar-refractivity contribution in [2.75, 3.05) is 12.4 Å². The second kappa shape index (κ2) is 5.97. The molecule has 0 aliphatic heterocycles. The van der Waals surface area contributed by atoms with Gasteiger partial charge in [0.2, 0.25) is 5.91 Å². The third-order valence-corrected chi connectivity index (χ3v) is 2.93.